The van der Waals surface area contributed by atoms with Gasteiger partial charge in [-0.05, 0) is 24.3 Å². The molecule has 0 saturated heterocycles. The SMILES string of the molecule is CCCC=C(C=CC(C)C(C)C)N[N+](C)(C)C. The van der Waals surface area contributed by atoms with E-state index >= 15 is 0 Å². The van der Waals surface area contributed by atoms with Crippen molar-refractivity contribution >= 4 is 0 Å². The third-order valence-corrected chi connectivity index (χ3v) is 2.75. The lowest BCUT2D eigenvalue weighted by Crippen LogP contribution is -2.46. The average Bonchev–Trinajstić information content (AvgIpc) is 2.19. The molecule has 1 atom stereocenters. The van der Waals surface area contributed by atoms with Crippen molar-refractivity contribution in [1.82, 2.24) is 5.43 Å². The fourth-order valence-electron chi connectivity index (χ4n) is 1.32. The molecule has 0 fully saturated rings. The zero-order chi connectivity index (χ0) is 13.5. The second kappa shape index (κ2) is 7.54. The lowest BCUT2D eigenvalue weighted by atomic mass is 9.97. The van der Waals surface area contributed by atoms with Crippen LogP contribution in [0.25, 0.3) is 0 Å². The molecule has 0 saturated carbocycles. The molecule has 1 N–H and O–H groups in total. The Hall–Kier alpha value is -0.760. The summed E-state index contributed by atoms with van der Waals surface area (Å²) < 4.78 is 0.746. The number of nitrogens with one attached hydrogen (secondary N) is 1. The summed E-state index contributed by atoms with van der Waals surface area (Å²) in [7, 11) is 6.42. The van der Waals surface area contributed by atoms with Crippen molar-refractivity contribution in [2.45, 2.75) is 40.5 Å². The molecule has 2 heteroatoms. The highest BCUT2D eigenvalue weighted by atomic mass is 15.6. The summed E-state index contributed by atoms with van der Waals surface area (Å²) >= 11 is 0. The van der Waals surface area contributed by atoms with Gasteiger partial charge in [-0.15, -0.1) is 0 Å². The van der Waals surface area contributed by atoms with Crippen LogP contribution in [0.4, 0.5) is 0 Å². The molecule has 1 unspecified atom stereocenters. The minimum absolute atomic E-state index is 0.620. The Balaban J connectivity index is 4.60. The van der Waals surface area contributed by atoms with E-state index in [2.05, 4.69) is 72.5 Å². The molecule has 0 bridgehead atoms. The minimum Gasteiger partial charge on any atom is -0.238 e. The van der Waals surface area contributed by atoms with Gasteiger partial charge >= 0.3 is 0 Å². The van der Waals surface area contributed by atoms with Gasteiger partial charge in [-0.1, -0.05) is 46.3 Å². The molecule has 0 amide bonds. The van der Waals surface area contributed by atoms with Gasteiger partial charge in [0.1, 0.15) is 0 Å². The number of unbranched alkanes of at least 4 members (excludes halogenated alkanes) is 1. The molecule has 0 aliphatic rings. The van der Waals surface area contributed by atoms with Crippen molar-refractivity contribution in [1.29, 1.82) is 0 Å². The van der Waals surface area contributed by atoms with Gasteiger partial charge in [0.15, 0.2) is 0 Å². The van der Waals surface area contributed by atoms with Gasteiger partial charge in [0.05, 0.1) is 26.8 Å². The fourth-order valence-corrected chi connectivity index (χ4v) is 1.32. The highest BCUT2D eigenvalue weighted by molar-refractivity contribution is 5.16. The summed E-state index contributed by atoms with van der Waals surface area (Å²) in [4.78, 5) is 0. The normalized spacial score (nSPS) is 15.6. The molecule has 0 spiro atoms. The maximum absolute atomic E-state index is 3.50. The molecule has 0 radical (unpaired) electrons. The Morgan fingerprint density at radius 2 is 1.76 bits per heavy atom. The molecule has 0 aliphatic heterocycles. The van der Waals surface area contributed by atoms with E-state index in [9.17, 15) is 0 Å². The number of hydrogen-bond acceptors (Lipinski definition) is 1. The van der Waals surface area contributed by atoms with Crippen LogP contribution in [0, 0.1) is 11.8 Å². The maximum atomic E-state index is 3.50. The molecule has 0 aromatic rings. The highest BCUT2D eigenvalue weighted by Crippen LogP contribution is 2.12. The standard InChI is InChI=1S/C15H31N2/c1-8-9-10-15(16-17(5,6)7)12-11-14(4)13(2)3/h10-14,16H,8-9H2,1-7H3/q+1. The lowest BCUT2D eigenvalue weighted by molar-refractivity contribution is -0.910. The minimum atomic E-state index is 0.620. The lowest BCUT2D eigenvalue weighted by Gasteiger charge is -2.26. The van der Waals surface area contributed by atoms with Gasteiger partial charge in [-0.3, -0.25) is 0 Å². The molecule has 2 nitrogen and oxygen atoms in total. The molecular weight excluding hydrogens is 208 g/mol. The molecule has 0 heterocycles. The van der Waals surface area contributed by atoms with Gasteiger partial charge in [0.2, 0.25) is 0 Å². The van der Waals surface area contributed by atoms with Crippen LogP contribution in [-0.2, 0) is 0 Å². The number of allylic oxidation sites excluding steroid dienone is 3. The summed E-state index contributed by atoms with van der Waals surface area (Å²) in [5.41, 5.74) is 4.73. The zero-order valence-electron chi connectivity index (χ0n) is 12.7. The first-order chi connectivity index (χ1) is 7.76. The van der Waals surface area contributed by atoms with Gasteiger partial charge in [0, 0.05) is 0 Å². The summed E-state index contributed by atoms with van der Waals surface area (Å²) in [6.07, 6.45) is 9.13. The molecule has 17 heavy (non-hydrogen) atoms. The number of quaternary nitrogens is 1. The van der Waals surface area contributed by atoms with E-state index in [1.54, 1.807) is 0 Å². The number of nitrogens with zero attached hydrogens (tertiary/aromatic N) is 1. The number of rotatable bonds is 7. The van der Waals surface area contributed by atoms with Crippen LogP contribution in [0.5, 0.6) is 0 Å². The van der Waals surface area contributed by atoms with Crippen LogP contribution >= 0.6 is 0 Å². The van der Waals surface area contributed by atoms with E-state index in [0.717, 1.165) is 11.0 Å². The predicted octanol–water partition coefficient (Wildman–Crippen LogP) is 3.73. The van der Waals surface area contributed by atoms with Gasteiger partial charge in [-0.25, -0.2) is 10.0 Å². The second-order valence-electron chi connectivity index (χ2n) is 6.03. The highest BCUT2D eigenvalue weighted by Gasteiger charge is 2.08. The number of hydrogen-bond donors (Lipinski definition) is 1. The predicted molar refractivity (Wildman–Crippen MR) is 77.3 cm³/mol. The quantitative estimate of drug-likeness (QED) is 0.405. The zero-order valence-corrected chi connectivity index (χ0v) is 12.7. The largest absolute Gasteiger partial charge is 0.238 e. The van der Waals surface area contributed by atoms with Crippen LogP contribution in [0.1, 0.15) is 40.5 Å². The third-order valence-electron chi connectivity index (χ3n) is 2.75. The molecule has 100 valence electrons. The van der Waals surface area contributed by atoms with Gasteiger partial charge < -0.3 is 0 Å². The van der Waals surface area contributed by atoms with E-state index in [0.29, 0.717) is 11.8 Å². The second-order valence-corrected chi connectivity index (χ2v) is 6.03. The van der Waals surface area contributed by atoms with E-state index in [1.165, 1.54) is 12.1 Å². The average molecular weight is 239 g/mol. The van der Waals surface area contributed by atoms with Crippen molar-refractivity contribution in [2.24, 2.45) is 11.8 Å². The van der Waals surface area contributed by atoms with E-state index in [-0.39, 0.29) is 0 Å². The van der Waals surface area contributed by atoms with Crippen LogP contribution in [0.3, 0.4) is 0 Å². The van der Waals surface area contributed by atoms with Crippen LogP contribution in [0.2, 0.25) is 0 Å². The van der Waals surface area contributed by atoms with Crippen molar-refractivity contribution < 1.29 is 4.59 Å². The summed E-state index contributed by atoms with van der Waals surface area (Å²) in [6, 6.07) is 0. The van der Waals surface area contributed by atoms with Crippen molar-refractivity contribution in [3.63, 3.8) is 0 Å². The topological polar surface area (TPSA) is 12.0 Å². The van der Waals surface area contributed by atoms with Crippen LogP contribution < -0.4 is 5.43 Å². The first kappa shape index (κ1) is 16.2. The van der Waals surface area contributed by atoms with E-state index in [1.807, 2.05) is 0 Å². The Morgan fingerprint density at radius 3 is 2.18 bits per heavy atom. The molecule has 0 aliphatic carbocycles. The summed E-state index contributed by atoms with van der Waals surface area (Å²) in [6.45, 7) is 9.00. The van der Waals surface area contributed by atoms with Crippen LogP contribution in [-0.4, -0.2) is 25.7 Å². The Bertz CT molecular complexity index is 257. The first-order valence-electron chi connectivity index (χ1n) is 6.74. The smallest absolute Gasteiger partial charge is 0.0902 e. The van der Waals surface area contributed by atoms with Crippen LogP contribution in [0.15, 0.2) is 23.9 Å². The Labute approximate surface area is 108 Å². The fraction of sp³-hybridized carbons (Fsp3) is 0.733. The summed E-state index contributed by atoms with van der Waals surface area (Å²) in [5, 5.41) is 0. The Morgan fingerprint density at radius 1 is 1.18 bits per heavy atom. The van der Waals surface area contributed by atoms with Crippen molar-refractivity contribution in [3.8, 4) is 0 Å². The third kappa shape index (κ3) is 8.99. The molecule has 0 aromatic carbocycles. The maximum Gasteiger partial charge on any atom is 0.0902 e. The van der Waals surface area contributed by atoms with E-state index < -0.39 is 0 Å². The summed E-state index contributed by atoms with van der Waals surface area (Å²) in [5.74, 6) is 1.32. The van der Waals surface area contributed by atoms with Gasteiger partial charge in [0.25, 0.3) is 0 Å². The van der Waals surface area contributed by atoms with Crippen molar-refractivity contribution in [3.05, 3.63) is 23.9 Å². The first-order valence-corrected chi connectivity index (χ1v) is 6.74. The molecule has 0 rings (SSSR count). The van der Waals surface area contributed by atoms with E-state index in [4.69, 9.17) is 0 Å². The monoisotopic (exact) mass is 239 g/mol. The van der Waals surface area contributed by atoms with Gasteiger partial charge in [-0.2, -0.15) is 0 Å². The van der Waals surface area contributed by atoms with Crippen molar-refractivity contribution in [2.75, 3.05) is 21.1 Å². The molecule has 0 aromatic heterocycles. The Kier molecular flexibility index (Phi) is 7.21. The molecular formula is C15H31N2+.